The third-order valence-electron chi connectivity index (χ3n) is 10.8. The second-order valence-corrected chi connectivity index (χ2v) is 14.9. The molecule has 0 bridgehead atoms. The molecule has 4 nitrogen and oxygen atoms in total. The molecule has 0 atom stereocenters. The maximum atomic E-state index is 5.42. The van der Waals surface area contributed by atoms with Crippen LogP contribution in [-0.2, 0) is 0 Å². The van der Waals surface area contributed by atoms with Gasteiger partial charge in [-0.2, -0.15) is 0 Å². The minimum atomic E-state index is 0.635. The summed E-state index contributed by atoms with van der Waals surface area (Å²) in [4.78, 5) is 10.7. The van der Waals surface area contributed by atoms with Crippen molar-refractivity contribution < 1.29 is 0 Å². The van der Waals surface area contributed by atoms with E-state index >= 15 is 0 Å². The maximum absolute atomic E-state index is 5.42. The largest absolute Gasteiger partial charge is 0.309 e. The molecule has 0 unspecified atom stereocenters. The van der Waals surface area contributed by atoms with Gasteiger partial charge in [-0.1, -0.05) is 134 Å². The van der Waals surface area contributed by atoms with Gasteiger partial charge in [0.25, 0.3) is 0 Å². The number of thiophene rings is 1. The SMILES string of the molecule is C=c1sc2ccc3c(c4ccccc4n3-c3cccc4ccccc34)c2/c1=c1/c(=C\C)c2ccccc2n1-c1nc(-c2ccccc2)c2ccccc2n1. The van der Waals surface area contributed by atoms with E-state index in [1.54, 1.807) is 11.3 Å². The highest BCUT2D eigenvalue weighted by Gasteiger charge is 2.21. The average molecular weight is 709 g/mol. The Bertz CT molecular complexity index is 3530. The van der Waals surface area contributed by atoms with Crippen molar-refractivity contribution in [1.82, 2.24) is 19.1 Å². The average Bonchev–Trinajstić information content (AvgIpc) is 3.86. The van der Waals surface area contributed by atoms with Crippen molar-refractivity contribution in [3.05, 3.63) is 178 Å². The van der Waals surface area contributed by atoms with Crippen LogP contribution in [-0.4, -0.2) is 19.1 Å². The molecule has 0 aliphatic heterocycles. The molecular weight excluding hydrogens is 677 g/mol. The first-order chi connectivity index (χ1) is 26.7. The van der Waals surface area contributed by atoms with Crippen LogP contribution in [0.1, 0.15) is 6.92 Å². The van der Waals surface area contributed by atoms with Gasteiger partial charge in [-0.3, -0.25) is 4.57 Å². The number of aromatic nitrogens is 4. The van der Waals surface area contributed by atoms with Crippen LogP contribution in [0.5, 0.6) is 0 Å². The van der Waals surface area contributed by atoms with Crippen molar-refractivity contribution in [1.29, 1.82) is 0 Å². The molecule has 0 spiro atoms. The standard InChI is InChI=1S/C49H32N4S/c1-3-33-35-21-10-13-25-40(35)53(49-50-38-24-12-9-22-36(38)47(51-49)32-17-5-4-6-18-32)48(33)44-30(2)54-43-29-28-42-45(46(43)44)37-23-11-14-26-41(37)52(42)39-27-15-19-31-16-7-8-20-34(31)39/h3-29H,2H2,1H3/b33-3-,48-44-. The first kappa shape index (κ1) is 30.8. The number of benzene rings is 7. The van der Waals surface area contributed by atoms with Crippen molar-refractivity contribution in [2.24, 2.45) is 0 Å². The van der Waals surface area contributed by atoms with Crippen molar-refractivity contribution in [3.63, 3.8) is 0 Å². The summed E-state index contributed by atoms with van der Waals surface area (Å²) >= 11 is 1.75. The molecule has 0 saturated heterocycles. The predicted octanol–water partition coefficient (Wildman–Crippen LogP) is 11.2. The lowest BCUT2D eigenvalue weighted by molar-refractivity contribution is 0.951. The summed E-state index contributed by atoms with van der Waals surface area (Å²) < 4.78 is 6.93. The normalized spacial score (nSPS) is 13.0. The van der Waals surface area contributed by atoms with Crippen LogP contribution in [0.4, 0.5) is 0 Å². The molecule has 7 aromatic carbocycles. The Balaban J connectivity index is 1.38. The van der Waals surface area contributed by atoms with Crippen molar-refractivity contribution >= 4 is 88.5 Å². The summed E-state index contributed by atoms with van der Waals surface area (Å²) in [5.41, 5.74) is 7.42. The van der Waals surface area contributed by atoms with E-state index in [2.05, 4.69) is 174 Å². The molecule has 4 aromatic heterocycles. The molecule has 0 fully saturated rings. The zero-order valence-electron chi connectivity index (χ0n) is 29.5. The predicted molar refractivity (Wildman–Crippen MR) is 228 cm³/mol. The first-order valence-electron chi connectivity index (χ1n) is 18.2. The van der Waals surface area contributed by atoms with Crippen LogP contribution in [0, 0.1) is 10.6 Å². The molecule has 0 N–H and O–H groups in total. The molecule has 11 aromatic rings. The minimum Gasteiger partial charge on any atom is -0.309 e. The number of para-hydroxylation sites is 3. The topological polar surface area (TPSA) is 35.6 Å². The molecule has 4 heterocycles. The maximum Gasteiger partial charge on any atom is 0.235 e. The van der Waals surface area contributed by atoms with Crippen LogP contribution < -0.4 is 9.75 Å². The monoisotopic (exact) mass is 708 g/mol. The molecule has 0 amide bonds. The van der Waals surface area contributed by atoms with Gasteiger partial charge in [-0.05, 0) is 48.7 Å². The fraction of sp³-hybridized carbons (Fsp3) is 0.0204. The molecule has 11 rings (SSSR count). The second kappa shape index (κ2) is 11.9. The highest BCUT2D eigenvalue weighted by Crippen LogP contribution is 2.40. The van der Waals surface area contributed by atoms with Crippen LogP contribution in [0.15, 0.2) is 158 Å². The van der Waals surface area contributed by atoms with E-state index in [0.29, 0.717) is 5.95 Å². The number of hydrogen-bond donors (Lipinski definition) is 0. The molecular formula is C49H32N4S. The van der Waals surface area contributed by atoms with Gasteiger partial charge in [-0.15, -0.1) is 11.3 Å². The Morgan fingerprint density at radius 3 is 2.04 bits per heavy atom. The molecule has 0 aliphatic rings. The van der Waals surface area contributed by atoms with E-state index in [-0.39, 0.29) is 0 Å². The summed E-state index contributed by atoms with van der Waals surface area (Å²) in [5.74, 6) is 0.635. The number of nitrogens with zero attached hydrogens (tertiary/aromatic N) is 4. The van der Waals surface area contributed by atoms with Crippen LogP contribution in [0.25, 0.3) is 100 Å². The van der Waals surface area contributed by atoms with E-state index in [0.717, 1.165) is 58.9 Å². The van der Waals surface area contributed by atoms with Crippen LogP contribution >= 0.6 is 11.3 Å². The summed E-state index contributed by atoms with van der Waals surface area (Å²) in [6, 6.07) is 56.0. The Kier molecular flexibility index (Phi) is 6.75. The number of fused-ring (bicyclic) bond motifs is 8. The second-order valence-electron chi connectivity index (χ2n) is 13.7. The Labute approximate surface area is 314 Å². The molecule has 0 radical (unpaired) electrons. The molecule has 0 saturated carbocycles. The van der Waals surface area contributed by atoms with Gasteiger partial charge in [-0.25, -0.2) is 9.97 Å². The lowest BCUT2D eigenvalue weighted by atomic mass is 10.1. The zero-order chi connectivity index (χ0) is 35.9. The molecule has 5 heteroatoms. The smallest absolute Gasteiger partial charge is 0.235 e. The third-order valence-corrected chi connectivity index (χ3v) is 11.9. The number of hydrogen-bond acceptors (Lipinski definition) is 3. The lowest BCUT2D eigenvalue weighted by Gasteiger charge is -2.11. The van der Waals surface area contributed by atoms with Gasteiger partial charge >= 0.3 is 0 Å². The lowest BCUT2D eigenvalue weighted by Crippen LogP contribution is -2.10. The van der Waals surface area contributed by atoms with E-state index in [1.807, 2.05) is 6.07 Å². The fourth-order valence-corrected chi connectivity index (χ4v) is 9.61. The summed E-state index contributed by atoms with van der Waals surface area (Å²) in [7, 11) is 0. The highest BCUT2D eigenvalue weighted by atomic mass is 32.1. The van der Waals surface area contributed by atoms with Gasteiger partial charge < -0.3 is 4.57 Å². The van der Waals surface area contributed by atoms with Crippen LogP contribution in [0.3, 0.4) is 0 Å². The van der Waals surface area contributed by atoms with Crippen LogP contribution in [0.2, 0.25) is 0 Å². The Hall–Kier alpha value is -6.82. The minimum absolute atomic E-state index is 0.635. The molecule has 0 aliphatic carbocycles. The van der Waals surface area contributed by atoms with E-state index < -0.39 is 0 Å². The van der Waals surface area contributed by atoms with Gasteiger partial charge in [0.15, 0.2) is 0 Å². The van der Waals surface area contributed by atoms with Crippen molar-refractivity contribution in [2.75, 3.05) is 0 Å². The Morgan fingerprint density at radius 1 is 0.556 bits per heavy atom. The van der Waals surface area contributed by atoms with Gasteiger partial charge in [0.2, 0.25) is 5.95 Å². The van der Waals surface area contributed by atoms with Gasteiger partial charge in [0.05, 0.1) is 38.8 Å². The fourth-order valence-electron chi connectivity index (χ4n) is 8.60. The van der Waals surface area contributed by atoms with Gasteiger partial charge in [0, 0.05) is 57.6 Å². The van der Waals surface area contributed by atoms with E-state index in [9.17, 15) is 0 Å². The van der Waals surface area contributed by atoms with Gasteiger partial charge in [0.1, 0.15) is 0 Å². The summed E-state index contributed by atoms with van der Waals surface area (Å²) in [6.45, 7) is 6.90. The van der Waals surface area contributed by atoms with Crippen molar-refractivity contribution in [3.8, 4) is 22.9 Å². The zero-order valence-corrected chi connectivity index (χ0v) is 30.3. The van der Waals surface area contributed by atoms with E-state index in [4.69, 9.17) is 16.5 Å². The summed E-state index contributed by atoms with van der Waals surface area (Å²) in [6.07, 6.45) is 2.23. The number of rotatable bonds is 3. The molecule has 254 valence electrons. The Morgan fingerprint density at radius 2 is 1.22 bits per heavy atom. The summed E-state index contributed by atoms with van der Waals surface area (Å²) in [5, 5.41) is 11.6. The van der Waals surface area contributed by atoms with Crippen molar-refractivity contribution in [2.45, 2.75) is 6.92 Å². The third kappa shape index (κ3) is 4.36. The van der Waals surface area contributed by atoms with E-state index in [1.165, 1.54) is 42.8 Å². The molecule has 54 heavy (non-hydrogen) atoms. The first-order valence-corrected chi connectivity index (χ1v) is 19.1. The highest BCUT2D eigenvalue weighted by molar-refractivity contribution is 7.17. The quantitative estimate of drug-likeness (QED) is 0.183.